The normalized spacial score (nSPS) is 14.3. The average Bonchev–Trinajstić information content (AvgIpc) is 2.82. The van der Waals surface area contributed by atoms with Gasteiger partial charge in [-0.25, -0.2) is 13.1 Å². The number of ether oxygens (including phenoxy) is 1. The topological polar surface area (TPSA) is 108 Å². The molecule has 9 nitrogen and oxygen atoms in total. The molecule has 2 aromatic carbocycles. The minimum Gasteiger partial charge on any atom is -0.495 e. The Morgan fingerprint density at radius 3 is 2.32 bits per heavy atom. The summed E-state index contributed by atoms with van der Waals surface area (Å²) in [6.07, 6.45) is 0. The molecule has 0 radical (unpaired) electrons. The van der Waals surface area contributed by atoms with Crippen LogP contribution in [0.1, 0.15) is 10.4 Å². The number of rotatable bonds is 7. The van der Waals surface area contributed by atoms with Gasteiger partial charge in [-0.05, 0) is 37.4 Å². The molecule has 2 aromatic rings. The smallest absolute Gasteiger partial charge is 0.251 e. The van der Waals surface area contributed by atoms with Crippen LogP contribution in [0.2, 0.25) is 0 Å². The molecule has 1 aliphatic rings. The fourth-order valence-electron chi connectivity index (χ4n) is 3.36. The molecule has 1 fully saturated rings. The van der Waals surface area contributed by atoms with Crippen LogP contribution in [0.5, 0.6) is 5.75 Å². The van der Waals surface area contributed by atoms with E-state index in [0.29, 0.717) is 26.2 Å². The first-order valence-corrected chi connectivity index (χ1v) is 11.3. The molecule has 3 rings (SSSR count). The maximum Gasteiger partial charge on any atom is 0.251 e. The summed E-state index contributed by atoms with van der Waals surface area (Å²) < 4.78 is 31.6. The second kappa shape index (κ2) is 9.80. The molecular weight excluding hydrogens is 420 g/mol. The van der Waals surface area contributed by atoms with Gasteiger partial charge in [0, 0.05) is 37.4 Å². The molecule has 0 spiro atoms. The monoisotopic (exact) mass is 446 g/mol. The highest BCUT2D eigenvalue weighted by molar-refractivity contribution is 7.89. The number of anilines is 1. The van der Waals surface area contributed by atoms with Gasteiger partial charge in [0.2, 0.25) is 15.9 Å². The van der Waals surface area contributed by atoms with Gasteiger partial charge in [0.1, 0.15) is 10.6 Å². The summed E-state index contributed by atoms with van der Waals surface area (Å²) >= 11 is 0. The molecule has 166 valence electrons. The number of nitrogens with zero attached hydrogens (tertiary/aromatic N) is 2. The Hall–Kier alpha value is -3.11. The third-order valence-corrected chi connectivity index (χ3v) is 6.57. The molecule has 0 atom stereocenters. The highest BCUT2D eigenvalue weighted by Crippen LogP contribution is 2.24. The standard InChI is InChI=1S/C21H26N4O5S/c1-22-31(28,29)19-14-16(8-9-18(19)30-2)21(27)23-15-20(26)25-12-10-24(11-13-25)17-6-4-3-5-7-17/h3-9,14,22H,10-13,15H2,1-2H3,(H,23,27). The van der Waals surface area contributed by atoms with E-state index in [0.717, 1.165) is 5.69 Å². The first-order valence-electron chi connectivity index (χ1n) is 9.83. The molecular formula is C21H26N4O5S. The Morgan fingerprint density at radius 1 is 1.03 bits per heavy atom. The van der Waals surface area contributed by atoms with Crippen molar-refractivity contribution in [3.63, 3.8) is 0 Å². The summed E-state index contributed by atoms with van der Waals surface area (Å²) in [7, 11) is -1.19. The number of hydrogen-bond acceptors (Lipinski definition) is 6. The van der Waals surface area contributed by atoms with E-state index in [2.05, 4.69) is 14.9 Å². The predicted molar refractivity (Wildman–Crippen MR) is 117 cm³/mol. The van der Waals surface area contributed by atoms with Crippen LogP contribution in [0, 0.1) is 0 Å². The van der Waals surface area contributed by atoms with Gasteiger partial charge in [-0.15, -0.1) is 0 Å². The lowest BCUT2D eigenvalue weighted by Crippen LogP contribution is -2.51. The number of methoxy groups -OCH3 is 1. The van der Waals surface area contributed by atoms with E-state index in [1.54, 1.807) is 4.90 Å². The molecule has 1 aliphatic heterocycles. The molecule has 0 bridgehead atoms. The lowest BCUT2D eigenvalue weighted by molar-refractivity contribution is -0.130. The van der Waals surface area contributed by atoms with Crippen molar-refractivity contribution >= 4 is 27.5 Å². The van der Waals surface area contributed by atoms with Gasteiger partial charge >= 0.3 is 0 Å². The Kier molecular flexibility index (Phi) is 7.13. The molecule has 31 heavy (non-hydrogen) atoms. The van der Waals surface area contributed by atoms with Gasteiger partial charge < -0.3 is 19.9 Å². The lowest BCUT2D eigenvalue weighted by Gasteiger charge is -2.36. The van der Waals surface area contributed by atoms with Gasteiger partial charge in [-0.2, -0.15) is 0 Å². The fourth-order valence-corrected chi connectivity index (χ4v) is 4.28. The number of nitrogens with one attached hydrogen (secondary N) is 2. The van der Waals surface area contributed by atoms with Crippen molar-refractivity contribution in [3.8, 4) is 5.75 Å². The van der Waals surface area contributed by atoms with Crippen LogP contribution in [-0.2, 0) is 14.8 Å². The van der Waals surface area contributed by atoms with E-state index in [-0.39, 0.29) is 28.7 Å². The molecule has 0 saturated carbocycles. The number of benzene rings is 2. The highest BCUT2D eigenvalue weighted by atomic mass is 32.2. The van der Waals surface area contributed by atoms with E-state index >= 15 is 0 Å². The van der Waals surface area contributed by atoms with Gasteiger partial charge in [0.25, 0.3) is 5.91 Å². The summed E-state index contributed by atoms with van der Waals surface area (Å²) in [5.74, 6) is -0.595. The molecule has 0 aliphatic carbocycles. The first kappa shape index (κ1) is 22.6. The van der Waals surface area contributed by atoms with Crippen LogP contribution in [0.15, 0.2) is 53.4 Å². The number of hydrogen-bond donors (Lipinski definition) is 2. The van der Waals surface area contributed by atoms with Crippen molar-refractivity contribution in [2.45, 2.75) is 4.90 Å². The van der Waals surface area contributed by atoms with Gasteiger partial charge in [0.15, 0.2) is 0 Å². The van der Waals surface area contributed by atoms with E-state index < -0.39 is 15.9 Å². The molecule has 1 saturated heterocycles. The van der Waals surface area contributed by atoms with Crippen molar-refractivity contribution in [1.29, 1.82) is 0 Å². The second-order valence-corrected chi connectivity index (χ2v) is 8.81. The van der Waals surface area contributed by atoms with Crippen molar-refractivity contribution in [2.24, 2.45) is 0 Å². The largest absolute Gasteiger partial charge is 0.495 e. The molecule has 1 heterocycles. The van der Waals surface area contributed by atoms with Crippen molar-refractivity contribution in [2.75, 3.05) is 51.8 Å². The molecule has 0 unspecified atom stereocenters. The number of piperazine rings is 1. The fraction of sp³-hybridized carbons (Fsp3) is 0.333. The van der Waals surface area contributed by atoms with Crippen molar-refractivity contribution in [3.05, 3.63) is 54.1 Å². The SMILES string of the molecule is CNS(=O)(=O)c1cc(C(=O)NCC(=O)N2CCN(c3ccccc3)CC2)ccc1OC. The van der Waals surface area contributed by atoms with E-state index in [4.69, 9.17) is 4.74 Å². The summed E-state index contributed by atoms with van der Waals surface area (Å²) in [5.41, 5.74) is 1.24. The summed E-state index contributed by atoms with van der Waals surface area (Å²) in [5, 5.41) is 2.57. The number of sulfonamides is 1. The molecule has 10 heteroatoms. The Morgan fingerprint density at radius 2 is 1.71 bits per heavy atom. The first-order chi connectivity index (χ1) is 14.9. The minimum atomic E-state index is -3.81. The van der Waals surface area contributed by atoms with E-state index in [1.165, 1.54) is 32.4 Å². The van der Waals surface area contributed by atoms with Crippen LogP contribution in [0.4, 0.5) is 5.69 Å². The Balaban J connectivity index is 1.57. The van der Waals surface area contributed by atoms with Crippen LogP contribution in [0.3, 0.4) is 0 Å². The van der Waals surface area contributed by atoms with Gasteiger partial charge in [-0.3, -0.25) is 9.59 Å². The Bertz CT molecular complexity index is 1030. The summed E-state index contributed by atoms with van der Waals surface area (Å²) in [6.45, 7) is 2.40. The maximum absolute atomic E-state index is 12.5. The quantitative estimate of drug-likeness (QED) is 0.648. The van der Waals surface area contributed by atoms with Gasteiger partial charge in [-0.1, -0.05) is 18.2 Å². The predicted octanol–water partition coefficient (Wildman–Crippen LogP) is 0.682. The van der Waals surface area contributed by atoms with Gasteiger partial charge in [0.05, 0.1) is 13.7 Å². The lowest BCUT2D eigenvalue weighted by atomic mass is 10.2. The van der Waals surface area contributed by atoms with Crippen LogP contribution in [0.25, 0.3) is 0 Å². The van der Waals surface area contributed by atoms with Crippen molar-refractivity contribution in [1.82, 2.24) is 14.9 Å². The third-order valence-electron chi connectivity index (χ3n) is 5.14. The van der Waals surface area contributed by atoms with E-state index in [9.17, 15) is 18.0 Å². The zero-order valence-electron chi connectivity index (χ0n) is 17.5. The van der Waals surface area contributed by atoms with Crippen LogP contribution < -0.4 is 19.7 Å². The van der Waals surface area contributed by atoms with E-state index in [1.807, 2.05) is 30.3 Å². The summed E-state index contributed by atoms with van der Waals surface area (Å²) in [4.78, 5) is 28.8. The average molecular weight is 447 g/mol. The minimum absolute atomic E-state index is 0.122. The van der Waals surface area contributed by atoms with Crippen LogP contribution >= 0.6 is 0 Å². The second-order valence-electron chi connectivity index (χ2n) is 6.96. The molecule has 2 amide bonds. The number of carbonyl (C=O) groups excluding carboxylic acids is 2. The Labute approximate surface area is 182 Å². The number of para-hydroxylation sites is 1. The maximum atomic E-state index is 12.5. The van der Waals surface area contributed by atoms with Crippen LogP contribution in [-0.4, -0.2) is 72.0 Å². The summed E-state index contributed by atoms with van der Waals surface area (Å²) in [6, 6.07) is 14.1. The third kappa shape index (κ3) is 5.33. The zero-order chi connectivity index (χ0) is 22.4. The number of carbonyl (C=O) groups is 2. The van der Waals surface area contributed by atoms with Crippen molar-refractivity contribution < 1.29 is 22.7 Å². The molecule has 2 N–H and O–H groups in total. The number of amides is 2. The highest BCUT2D eigenvalue weighted by Gasteiger charge is 2.23. The zero-order valence-corrected chi connectivity index (χ0v) is 18.3. The molecule has 0 aromatic heterocycles.